The molecule has 2 aliphatic heterocycles. The van der Waals surface area contributed by atoms with E-state index < -0.39 is 0 Å². The van der Waals surface area contributed by atoms with Crippen LogP contribution in [0.2, 0.25) is 0 Å². The summed E-state index contributed by atoms with van der Waals surface area (Å²) in [4.78, 5) is 2.62. The number of piperidine rings is 1. The van der Waals surface area contributed by atoms with E-state index in [9.17, 15) is 0 Å². The molecule has 2 fully saturated rings. The van der Waals surface area contributed by atoms with Crippen molar-refractivity contribution in [2.45, 2.75) is 39.7 Å². The van der Waals surface area contributed by atoms with E-state index in [0.717, 1.165) is 25.6 Å². The van der Waals surface area contributed by atoms with Gasteiger partial charge in [-0.25, -0.2) is 0 Å². The maximum Gasteiger partial charge on any atom is 0.0750 e. The fourth-order valence-electron chi connectivity index (χ4n) is 2.82. The maximum absolute atomic E-state index is 5.91. The van der Waals surface area contributed by atoms with E-state index in [1.54, 1.807) is 0 Å². The first-order valence-electron chi connectivity index (χ1n) is 7.10. The molecule has 2 saturated heterocycles. The third kappa shape index (κ3) is 3.94. The molecule has 2 aliphatic rings. The molecule has 0 aromatic heterocycles. The second-order valence-electron chi connectivity index (χ2n) is 6.68. The summed E-state index contributed by atoms with van der Waals surface area (Å²) in [7, 11) is 0. The fourth-order valence-corrected chi connectivity index (χ4v) is 2.82. The summed E-state index contributed by atoms with van der Waals surface area (Å²) in [5.41, 5.74) is 0.271. The average Bonchev–Trinajstić information content (AvgIpc) is 2.29. The highest BCUT2D eigenvalue weighted by atomic mass is 16.5. The predicted molar refractivity (Wildman–Crippen MR) is 71.2 cm³/mol. The standard InChI is InChI=1S/C14H28N2O/c1-14(2,3)13-11-16(8-9-17-13)10-12-4-6-15-7-5-12/h12-13,15H,4-11H2,1-3H3. The van der Waals surface area contributed by atoms with Crippen molar-refractivity contribution >= 4 is 0 Å². The average molecular weight is 240 g/mol. The zero-order valence-corrected chi connectivity index (χ0v) is 11.7. The second-order valence-corrected chi connectivity index (χ2v) is 6.68. The van der Waals surface area contributed by atoms with Crippen LogP contribution in [0.5, 0.6) is 0 Å². The Morgan fingerprint density at radius 2 is 1.94 bits per heavy atom. The van der Waals surface area contributed by atoms with Crippen LogP contribution in [0.15, 0.2) is 0 Å². The Hall–Kier alpha value is -0.120. The van der Waals surface area contributed by atoms with Crippen LogP contribution >= 0.6 is 0 Å². The van der Waals surface area contributed by atoms with Crippen LogP contribution in [0.3, 0.4) is 0 Å². The number of nitrogens with one attached hydrogen (secondary N) is 1. The molecule has 0 aromatic rings. The van der Waals surface area contributed by atoms with E-state index in [2.05, 4.69) is 31.0 Å². The normalized spacial score (nSPS) is 29.5. The Kier molecular flexibility index (Phi) is 4.45. The van der Waals surface area contributed by atoms with Gasteiger partial charge in [0.05, 0.1) is 12.7 Å². The van der Waals surface area contributed by atoms with E-state index in [1.165, 1.54) is 32.5 Å². The molecular formula is C14H28N2O. The van der Waals surface area contributed by atoms with Crippen LogP contribution in [-0.2, 0) is 4.74 Å². The lowest BCUT2D eigenvalue weighted by Gasteiger charge is -2.41. The van der Waals surface area contributed by atoms with Crippen LogP contribution < -0.4 is 5.32 Å². The second kappa shape index (κ2) is 5.68. The van der Waals surface area contributed by atoms with Crippen LogP contribution in [0.4, 0.5) is 0 Å². The Morgan fingerprint density at radius 1 is 1.24 bits per heavy atom. The number of hydrogen-bond acceptors (Lipinski definition) is 3. The minimum Gasteiger partial charge on any atom is -0.375 e. The Balaban J connectivity index is 1.80. The smallest absolute Gasteiger partial charge is 0.0750 e. The Bertz CT molecular complexity index is 231. The monoisotopic (exact) mass is 240 g/mol. The molecule has 3 heteroatoms. The quantitative estimate of drug-likeness (QED) is 0.795. The van der Waals surface area contributed by atoms with Crippen molar-refractivity contribution in [2.24, 2.45) is 11.3 Å². The van der Waals surface area contributed by atoms with Crippen molar-refractivity contribution in [1.82, 2.24) is 10.2 Å². The summed E-state index contributed by atoms with van der Waals surface area (Å²) >= 11 is 0. The number of morpholine rings is 1. The molecule has 1 atom stereocenters. The summed E-state index contributed by atoms with van der Waals surface area (Å²) in [5.74, 6) is 0.898. The third-order valence-electron chi connectivity index (χ3n) is 4.09. The van der Waals surface area contributed by atoms with Gasteiger partial charge >= 0.3 is 0 Å². The molecule has 3 nitrogen and oxygen atoms in total. The highest BCUT2D eigenvalue weighted by Crippen LogP contribution is 2.26. The van der Waals surface area contributed by atoms with Gasteiger partial charge in [-0.1, -0.05) is 20.8 Å². The number of rotatable bonds is 2. The molecule has 100 valence electrons. The van der Waals surface area contributed by atoms with Crippen molar-refractivity contribution < 1.29 is 4.74 Å². The van der Waals surface area contributed by atoms with Crippen molar-refractivity contribution in [1.29, 1.82) is 0 Å². The minimum absolute atomic E-state index is 0.271. The van der Waals surface area contributed by atoms with Crippen molar-refractivity contribution in [2.75, 3.05) is 39.3 Å². The molecule has 0 aliphatic carbocycles. The highest BCUT2D eigenvalue weighted by Gasteiger charge is 2.31. The zero-order valence-electron chi connectivity index (χ0n) is 11.7. The lowest BCUT2D eigenvalue weighted by atomic mass is 9.87. The first-order valence-corrected chi connectivity index (χ1v) is 7.10. The summed E-state index contributed by atoms with van der Waals surface area (Å²) in [5, 5.41) is 3.44. The van der Waals surface area contributed by atoms with E-state index in [0.29, 0.717) is 6.10 Å². The van der Waals surface area contributed by atoms with Gasteiger partial charge in [-0.15, -0.1) is 0 Å². The summed E-state index contributed by atoms with van der Waals surface area (Å²) in [6, 6.07) is 0. The molecule has 0 amide bonds. The van der Waals surface area contributed by atoms with Gasteiger partial charge in [0.1, 0.15) is 0 Å². The summed E-state index contributed by atoms with van der Waals surface area (Å²) in [6.45, 7) is 13.7. The van der Waals surface area contributed by atoms with E-state index in [4.69, 9.17) is 4.74 Å². The first kappa shape index (κ1) is 13.3. The molecule has 0 bridgehead atoms. The van der Waals surface area contributed by atoms with Crippen LogP contribution in [0.25, 0.3) is 0 Å². The number of ether oxygens (including phenoxy) is 1. The number of nitrogens with zero attached hydrogens (tertiary/aromatic N) is 1. The molecule has 0 spiro atoms. The van der Waals surface area contributed by atoms with Gasteiger partial charge in [-0.2, -0.15) is 0 Å². The van der Waals surface area contributed by atoms with Gasteiger partial charge in [0.25, 0.3) is 0 Å². The summed E-state index contributed by atoms with van der Waals surface area (Å²) < 4.78 is 5.91. The molecule has 2 heterocycles. The Morgan fingerprint density at radius 3 is 2.59 bits per heavy atom. The molecule has 0 radical (unpaired) electrons. The van der Waals surface area contributed by atoms with Gasteiger partial charge in [-0.3, -0.25) is 4.90 Å². The minimum atomic E-state index is 0.271. The molecule has 2 rings (SSSR count). The van der Waals surface area contributed by atoms with Crippen molar-refractivity contribution in [3.8, 4) is 0 Å². The van der Waals surface area contributed by atoms with Crippen molar-refractivity contribution in [3.05, 3.63) is 0 Å². The van der Waals surface area contributed by atoms with Gasteiger partial charge < -0.3 is 10.1 Å². The van der Waals surface area contributed by atoms with E-state index >= 15 is 0 Å². The van der Waals surface area contributed by atoms with Gasteiger partial charge in [0, 0.05) is 19.6 Å². The van der Waals surface area contributed by atoms with Gasteiger partial charge in [0.2, 0.25) is 0 Å². The van der Waals surface area contributed by atoms with Gasteiger partial charge in [-0.05, 0) is 37.3 Å². The molecule has 0 aromatic carbocycles. The lowest BCUT2D eigenvalue weighted by molar-refractivity contribution is -0.0829. The Labute approximate surface area is 106 Å². The largest absolute Gasteiger partial charge is 0.375 e. The predicted octanol–water partition coefficient (Wildman–Crippen LogP) is 1.73. The third-order valence-corrected chi connectivity index (χ3v) is 4.09. The van der Waals surface area contributed by atoms with Gasteiger partial charge in [0.15, 0.2) is 0 Å². The van der Waals surface area contributed by atoms with Crippen LogP contribution in [0.1, 0.15) is 33.6 Å². The number of hydrogen-bond donors (Lipinski definition) is 1. The van der Waals surface area contributed by atoms with E-state index in [-0.39, 0.29) is 5.41 Å². The zero-order chi connectivity index (χ0) is 12.3. The summed E-state index contributed by atoms with van der Waals surface area (Å²) in [6.07, 6.45) is 3.09. The molecule has 17 heavy (non-hydrogen) atoms. The van der Waals surface area contributed by atoms with E-state index in [1.807, 2.05) is 0 Å². The molecule has 0 saturated carbocycles. The fraction of sp³-hybridized carbons (Fsp3) is 1.00. The topological polar surface area (TPSA) is 24.5 Å². The lowest BCUT2D eigenvalue weighted by Crippen LogP contribution is -2.49. The highest BCUT2D eigenvalue weighted by molar-refractivity contribution is 4.83. The molecule has 1 N–H and O–H groups in total. The molecule has 1 unspecified atom stereocenters. The van der Waals surface area contributed by atoms with Crippen LogP contribution in [0, 0.1) is 11.3 Å². The van der Waals surface area contributed by atoms with Crippen molar-refractivity contribution in [3.63, 3.8) is 0 Å². The SMILES string of the molecule is CC(C)(C)C1CN(CC2CCNCC2)CCO1. The maximum atomic E-state index is 5.91. The van der Waals surface area contributed by atoms with Crippen LogP contribution in [-0.4, -0.2) is 50.3 Å². The molecular weight excluding hydrogens is 212 g/mol. The first-order chi connectivity index (χ1) is 8.05.